The monoisotopic (exact) mass is 276 g/mol. The summed E-state index contributed by atoms with van der Waals surface area (Å²) in [6.07, 6.45) is 2.29. The van der Waals surface area contributed by atoms with E-state index < -0.39 is 0 Å². The zero-order valence-electron chi connectivity index (χ0n) is 10.5. The molecule has 1 heterocycles. The van der Waals surface area contributed by atoms with E-state index in [1.165, 1.54) is 17.4 Å². The van der Waals surface area contributed by atoms with Crippen molar-refractivity contribution in [3.8, 4) is 0 Å². The van der Waals surface area contributed by atoms with Crippen molar-refractivity contribution >= 4 is 27.9 Å². The van der Waals surface area contributed by atoms with Crippen LogP contribution in [0.25, 0.3) is 0 Å². The number of thiazole rings is 1. The van der Waals surface area contributed by atoms with E-state index in [1.54, 1.807) is 30.1 Å². The number of carbonyl (C=O) groups excluding carboxylic acids is 1. The summed E-state index contributed by atoms with van der Waals surface area (Å²) < 4.78 is 13.8. The summed E-state index contributed by atoms with van der Waals surface area (Å²) in [7, 11) is 1.77. The number of benzene rings is 1. The van der Waals surface area contributed by atoms with Crippen LogP contribution in [-0.4, -0.2) is 17.8 Å². The molecule has 5 heteroatoms. The molecule has 0 bridgehead atoms. The normalized spacial score (nSPS) is 14.3. The molecule has 1 aromatic carbocycles. The van der Waals surface area contributed by atoms with Crippen LogP contribution in [0.15, 0.2) is 24.3 Å². The van der Waals surface area contributed by atoms with Gasteiger partial charge in [-0.1, -0.05) is 23.5 Å². The minimum absolute atomic E-state index is 0.159. The van der Waals surface area contributed by atoms with Gasteiger partial charge in [-0.05, 0) is 25.0 Å². The maximum Gasteiger partial charge on any atom is 0.190 e. The molecule has 1 aromatic heterocycles. The molecule has 0 saturated carbocycles. The Balaban J connectivity index is 1.99. The smallest absolute Gasteiger partial charge is 0.190 e. The van der Waals surface area contributed by atoms with Crippen LogP contribution in [0.3, 0.4) is 0 Å². The summed E-state index contributed by atoms with van der Waals surface area (Å²) in [6.45, 7) is 0. The van der Waals surface area contributed by atoms with Gasteiger partial charge in [-0.3, -0.25) is 4.79 Å². The van der Waals surface area contributed by atoms with Crippen molar-refractivity contribution in [2.75, 3.05) is 11.9 Å². The summed E-state index contributed by atoms with van der Waals surface area (Å²) in [6, 6.07) is 6.57. The lowest BCUT2D eigenvalue weighted by molar-refractivity contribution is 0.0976. The maximum atomic E-state index is 13.8. The molecule has 0 unspecified atom stereocenters. The molecule has 0 saturated heterocycles. The summed E-state index contributed by atoms with van der Waals surface area (Å²) in [5.74, 6) is -0.128. The summed E-state index contributed by atoms with van der Waals surface area (Å²) in [4.78, 5) is 18.7. The van der Waals surface area contributed by atoms with Crippen molar-refractivity contribution in [1.29, 1.82) is 0 Å². The Hall–Kier alpha value is -1.75. The quantitative estimate of drug-likeness (QED) is 0.840. The van der Waals surface area contributed by atoms with E-state index in [4.69, 9.17) is 0 Å². The number of fused-ring (bicyclic) bond motifs is 1. The molecule has 0 spiro atoms. The summed E-state index contributed by atoms with van der Waals surface area (Å²) >= 11 is 1.35. The molecule has 0 fully saturated rings. The predicted octanol–water partition coefficient (Wildman–Crippen LogP) is 3.57. The lowest BCUT2D eigenvalue weighted by atomic mass is 10.0. The molecule has 0 aliphatic heterocycles. The Labute approximate surface area is 114 Å². The molecule has 0 radical (unpaired) electrons. The number of ketones is 1. The van der Waals surface area contributed by atoms with E-state index in [0.29, 0.717) is 17.2 Å². The van der Waals surface area contributed by atoms with Crippen molar-refractivity contribution in [3.05, 3.63) is 40.7 Å². The second-order valence-corrected chi connectivity index (χ2v) is 5.54. The average Bonchev–Trinajstić information content (AvgIpc) is 2.84. The topological polar surface area (TPSA) is 33.2 Å². The van der Waals surface area contributed by atoms with Crippen LogP contribution in [0.2, 0.25) is 0 Å². The van der Waals surface area contributed by atoms with Gasteiger partial charge in [-0.2, -0.15) is 0 Å². The Morgan fingerprint density at radius 2 is 2.11 bits per heavy atom. The van der Waals surface area contributed by atoms with E-state index in [2.05, 4.69) is 4.98 Å². The van der Waals surface area contributed by atoms with Gasteiger partial charge >= 0.3 is 0 Å². The van der Waals surface area contributed by atoms with Gasteiger partial charge in [-0.15, -0.1) is 0 Å². The number of halogens is 1. The number of para-hydroxylation sites is 1. The van der Waals surface area contributed by atoms with Crippen LogP contribution in [0.1, 0.15) is 28.2 Å². The number of hydrogen-bond donors (Lipinski definition) is 0. The minimum Gasteiger partial charge on any atom is -0.318 e. The van der Waals surface area contributed by atoms with Gasteiger partial charge < -0.3 is 4.90 Å². The predicted molar refractivity (Wildman–Crippen MR) is 73.8 cm³/mol. The maximum absolute atomic E-state index is 13.8. The number of anilines is 2. The lowest BCUT2D eigenvalue weighted by Crippen LogP contribution is -2.11. The van der Waals surface area contributed by atoms with Crippen LogP contribution in [0, 0.1) is 5.82 Å². The highest BCUT2D eigenvalue weighted by atomic mass is 32.1. The first-order valence-corrected chi connectivity index (χ1v) is 6.99. The summed E-state index contributed by atoms with van der Waals surface area (Å²) in [5.41, 5.74) is 1.33. The third-order valence-electron chi connectivity index (χ3n) is 3.26. The van der Waals surface area contributed by atoms with Crippen LogP contribution in [0.4, 0.5) is 15.2 Å². The molecule has 3 rings (SSSR count). The molecule has 0 amide bonds. The number of hydrogen-bond acceptors (Lipinski definition) is 4. The first-order chi connectivity index (χ1) is 9.16. The van der Waals surface area contributed by atoms with Gasteiger partial charge in [0.15, 0.2) is 10.9 Å². The number of aryl methyl sites for hydroxylation is 1. The first-order valence-electron chi connectivity index (χ1n) is 6.18. The highest BCUT2D eigenvalue weighted by molar-refractivity contribution is 7.17. The van der Waals surface area contributed by atoms with E-state index >= 15 is 0 Å². The molecule has 1 aliphatic carbocycles. The highest BCUT2D eigenvalue weighted by Gasteiger charge is 2.24. The zero-order valence-corrected chi connectivity index (χ0v) is 11.3. The van der Waals surface area contributed by atoms with Crippen LogP contribution < -0.4 is 4.90 Å². The Bertz CT molecular complexity index is 638. The molecule has 19 heavy (non-hydrogen) atoms. The van der Waals surface area contributed by atoms with E-state index in [9.17, 15) is 9.18 Å². The van der Waals surface area contributed by atoms with Gasteiger partial charge in [0.1, 0.15) is 5.82 Å². The number of nitrogens with zero attached hydrogens (tertiary/aromatic N) is 2. The summed E-state index contributed by atoms with van der Waals surface area (Å²) in [5, 5.41) is 0.672. The standard InChI is InChI=1S/C14H13FN2OS/c1-17(11-7-3-2-5-9(11)15)14-16-10-6-4-8-12(18)13(10)19-14/h2-3,5,7H,4,6,8H2,1H3. The van der Waals surface area contributed by atoms with Crippen LogP contribution in [-0.2, 0) is 6.42 Å². The Morgan fingerprint density at radius 1 is 1.32 bits per heavy atom. The third kappa shape index (κ3) is 2.14. The number of aromatic nitrogens is 1. The fraction of sp³-hybridized carbons (Fsp3) is 0.286. The largest absolute Gasteiger partial charge is 0.318 e. The molecular formula is C14H13FN2OS. The third-order valence-corrected chi connectivity index (χ3v) is 4.47. The van der Waals surface area contributed by atoms with Gasteiger partial charge in [-0.25, -0.2) is 9.37 Å². The molecular weight excluding hydrogens is 263 g/mol. The number of rotatable bonds is 2. The van der Waals surface area contributed by atoms with E-state index in [0.717, 1.165) is 23.4 Å². The number of Topliss-reactive ketones (excluding diaryl/α,β-unsaturated/α-hetero) is 1. The molecule has 2 aromatic rings. The molecule has 0 atom stereocenters. The van der Waals surface area contributed by atoms with Crippen molar-refractivity contribution in [1.82, 2.24) is 4.98 Å². The van der Waals surface area contributed by atoms with Crippen LogP contribution >= 0.6 is 11.3 Å². The van der Waals surface area contributed by atoms with Gasteiger partial charge in [0.05, 0.1) is 16.3 Å². The van der Waals surface area contributed by atoms with E-state index in [-0.39, 0.29) is 11.6 Å². The van der Waals surface area contributed by atoms with Gasteiger partial charge in [0.25, 0.3) is 0 Å². The van der Waals surface area contributed by atoms with Gasteiger partial charge in [0, 0.05) is 13.5 Å². The molecule has 98 valence electrons. The second-order valence-electron chi connectivity index (χ2n) is 4.56. The van der Waals surface area contributed by atoms with Crippen LogP contribution in [0.5, 0.6) is 0 Å². The lowest BCUT2D eigenvalue weighted by Gasteiger charge is -2.16. The van der Waals surface area contributed by atoms with Crippen molar-refractivity contribution in [2.24, 2.45) is 0 Å². The first kappa shape index (κ1) is 12.3. The average molecular weight is 276 g/mol. The van der Waals surface area contributed by atoms with Crippen molar-refractivity contribution < 1.29 is 9.18 Å². The van der Waals surface area contributed by atoms with Crippen molar-refractivity contribution in [3.63, 3.8) is 0 Å². The Kier molecular flexibility index (Phi) is 3.06. The zero-order chi connectivity index (χ0) is 13.4. The molecule has 3 nitrogen and oxygen atoms in total. The molecule has 1 aliphatic rings. The SMILES string of the molecule is CN(c1nc2c(s1)C(=O)CCC2)c1ccccc1F. The molecule has 0 N–H and O–H groups in total. The second kappa shape index (κ2) is 4.74. The van der Waals surface area contributed by atoms with E-state index in [1.807, 2.05) is 0 Å². The fourth-order valence-corrected chi connectivity index (χ4v) is 3.28. The highest BCUT2D eigenvalue weighted by Crippen LogP contribution is 2.34. The Morgan fingerprint density at radius 3 is 2.84 bits per heavy atom. The fourth-order valence-electron chi connectivity index (χ4n) is 2.23. The minimum atomic E-state index is -0.288. The van der Waals surface area contributed by atoms with Gasteiger partial charge in [0.2, 0.25) is 0 Å². The number of carbonyl (C=O) groups is 1. The van der Waals surface area contributed by atoms with Crippen molar-refractivity contribution in [2.45, 2.75) is 19.3 Å².